The van der Waals surface area contributed by atoms with Crippen LogP contribution in [0, 0.1) is 18.2 Å². The molecule has 2 rings (SSSR count). The molecule has 136 valence electrons. The third kappa shape index (κ3) is 5.88. The fraction of sp³-hybridized carbons (Fsp3) is 0.611. The first-order chi connectivity index (χ1) is 11.1. The van der Waals surface area contributed by atoms with Gasteiger partial charge in [-0.15, -0.1) is 24.0 Å². The summed E-state index contributed by atoms with van der Waals surface area (Å²) in [6.45, 7) is 4.13. The third-order valence-electron chi connectivity index (χ3n) is 4.79. The Bertz CT molecular complexity index is 547. The van der Waals surface area contributed by atoms with Crippen molar-refractivity contribution in [2.24, 2.45) is 10.4 Å². The number of guanidine groups is 1. The molecule has 0 aromatic heterocycles. The number of benzene rings is 1. The minimum Gasteiger partial charge on any atom is -0.385 e. The van der Waals surface area contributed by atoms with Gasteiger partial charge in [0.15, 0.2) is 5.96 Å². The van der Waals surface area contributed by atoms with Crippen LogP contribution in [0.3, 0.4) is 0 Å². The van der Waals surface area contributed by atoms with E-state index in [1.54, 1.807) is 27.1 Å². The van der Waals surface area contributed by atoms with Crippen LogP contribution < -0.4 is 10.6 Å². The van der Waals surface area contributed by atoms with Crippen molar-refractivity contribution < 1.29 is 9.13 Å². The molecular formula is C18H29FIN3O. The fourth-order valence-electron chi connectivity index (χ4n) is 3.00. The van der Waals surface area contributed by atoms with Gasteiger partial charge in [0.2, 0.25) is 0 Å². The van der Waals surface area contributed by atoms with Crippen molar-refractivity contribution in [3.63, 3.8) is 0 Å². The highest BCUT2D eigenvalue weighted by Crippen LogP contribution is 2.43. The van der Waals surface area contributed by atoms with Gasteiger partial charge in [-0.2, -0.15) is 0 Å². The van der Waals surface area contributed by atoms with Crippen molar-refractivity contribution in [1.29, 1.82) is 0 Å². The van der Waals surface area contributed by atoms with Crippen molar-refractivity contribution in [3.05, 3.63) is 35.1 Å². The molecule has 0 saturated heterocycles. The lowest BCUT2D eigenvalue weighted by Crippen LogP contribution is -2.46. The number of halogens is 2. The Morgan fingerprint density at radius 3 is 2.62 bits per heavy atom. The summed E-state index contributed by atoms with van der Waals surface area (Å²) in [4.78, 5) is 4.27. The van der Waals surface area contributed by atoms with E-state index in [9.17, 15) is 4.39 Å². The molecule has 2 N–H and O–H groups in total. The Morgan fingerprint density at radius 2 is 2.08 bits per heavy atom. The number of aryl methyl sites for hydroxylation is 1. The average Bonchev–Trinajstić information content (AvgIpc) is 2.52. The molecule has 4 nitrogen and oxygen atoms in total. The van der Waals surface area contributed by atoms with Crippen molar-refractivity contribution in [2.75, 3.05) is 27.3 Å². The first kappa shape index (κ1) is 21.2. The van der Waals surface area contributed by atoms with Gasteiger partial charge in [-0.05, 0) is 48.8 Å². The zero-order valence-corrected chi connectivity index (χ0v) is 17.2. The highest BCUT2D eigenvalue weighted by Gasteiger charge is 2.36. The average molecular weight is 449 g/mol. The summed E-state index contributed by atoms with van der Waals surface area (Å²) in [5, 5.41) is 6.72. The van der Waals surface area contributed by atoms with Crippen LogP contribution in [0.25, 0.3) is 0 Å². The summed E-state index contributed by atoms with van der Waals surface area (Å²) in [6.07, 6.45) is 4.88. The Kier molecular flexibility index (Phi) is 8.97. The van der Waals surface area contributed by atoms with E-state index in [0.717, 1.165) is 31.1 Å². The van der Waals surface area contributed by atoms with Crippen LogP contribution in [0.2, 0.25) is 0 Å². The molecule has 1 aliphatic rings. The Balaban J connectivity index is 0.00000288. The number of hydrogen-bond acceptors (Lipinski definition) is 2. The quantitative estimate of drug-likeness (QED) is 0.380. The maximum atomic E-state index is 13.3. The van der Waals surface area contributed by atoms with Gasteiger partial charge in [-0.1, -0.05) is 18.6 Å². The predicted octanol–water partition coefficient (Wildman–Crippen LogP) is 3.62. The molecule has 0 aliphatic heterocycles. The monoisotopic (exact) mass is 449 g/mol. The lowest BCUT2D eigenvalue weighted by molar-refractivity contribution is 0.0732. The summed E-state index contributed by atoms with van der Waals surface area (Å²) in [5.74, 6) is 0.622. The van der Waals surface area contributed by atoms with Crippen LogP contribution in [-0.2, 0) is 11.3 Å². The largest absolute Gasteiger partial charge is 0.385 e. The minimum atomic E-state index is -0.165. The van der Waals surface area contributed by atoms with Gasteiger partial charge in [0, 0.05) is 33.9 Å². The number of nitrogens with one attached hydrogen (secondary N) is 2. The molecule has 1 fully saturated rings. The van der Waals surface area contributed by atoms with Crippen molar-refractivity contribution >= 4 is 29.9 Å². The summed E-state index contributed by atoms with van der Waals surface area (Å²) in [6, 6.07) is 5.17. The molecule has 1 aliphatic carbocycles. The van der Waals surface area contributed by atoms with E-state index < -0.39 is 0 Å². The van der Waals surface area contributed by atoms with Gasteiger partial charge in [-0.3, -0.25) is 4.99 Å². The number of hydrogen-bond donors (Lipinski definition) is 2. The molecule has 1 saturated carbocycles. The Hall–Kier alpha value is -0.890. The Labute approximate surface area is 161 Å². The molecule has 0 atom stereocenters. The van der Waals surface area contributed by atoms with E-state index in [1.807, 2.05) is 6.07 Å². The number of nitrogens with zero attached hydrogens (tertiary/aromatic N) is 1. The number of methoxy groups -OCH3 is 1. The molecule has 0 heterocycles. The lowest BCUT2D eigenvalue weighted by atomic mass is 9.67. The van der Waals surface area contributed by atoms with Crippen molar-refractivity contribution in [3.8, 4) is 0 Å². The second kappa shape index (κ2) is 10.2. The molecule has 0 amide bonds. The summed E-state index contributed by atoms with van der Waals surface area (Å²) >= 11 is 0. The number of aliphatic imine (C=N–C) groups is 1. The molecule has 0 unspecified atom stereocenters. The van der Waals surface area contributed by atoms with E-state index in [1.165, 1.54) is 25.3 Å². The van der Waals surface area contributed by atoms with Gasteiger partial charge >= 0.3 is 0 Å². The Morgan fingerprint density at radius 1 is 1.33 bits per heavy atom. The van der Waals surface area contributed by atoms with E-state index in [4.69, 9.17) is 4.74 Å². The third-order valence-corrected chi connectivity index (χ3v) is 4.79. The molecule has 6 heteroatoms. The number of rotatable bonds is 7. The molecule has 1 aromatic carbocycles. The summed E-state index contributed by atoms with van der Waals surface area (Å²) < 4.78 is 18.5. The van der Waals surface area contributed by atoms with Gasteiger partial charge in [-0.25, -0.2) is 4.39 Å². The van der Waals surface area contributed by atoms with Gasteiger partial charge in [0.05, 0.1) is 0 Å². The van der Waals surface area contributed by atoms with E-state index in [-0.39, 0.29) is 29.8 Å². The zero-order valence-electron chi connectivity index (χ0n) is 14.8. The lowest BCUT2D eigenvalue weighted by Gasteiger charge is -2.42. The summed E-state index contributed by atoms with van der Waals surface area (Å²) in [7, 11) is 3.53. The van der Waals surface area contributed by atoms with Crippen LogP contribution in [0.5, 0.6) is 0 Å². The fourth-order valence-corrected chi connectivity index (χ4v) is 3.00. The maximum Gasteiger partial charge on any atom is 0.191 e. The minimum absolute atomic E-state index is 0. The van der Waals surface area contributed by atoms with Crippen LogP contribution in [0.4, 0.5) is 4.39 Å². The van der Waals surface area contributed by atoms with Crippen LogP contribution >= 0.6 is 24.0 Å². The van der Waals surface area contributed by atoms with E-state index >= 15 is 0 Å². The maximum absolute atomic E-state index is 13.3. The van der Waals surface area contributed by atoms with Crippen LogP contribution in [0.1, 0.15) is 36.8 Å². The molecular weight excluding hydrogens is 420 g/mol. The highest BCUT2D eigenvalue weighted by atomic mass is 127. The van der Waals surface area contributed by atoms with Gasteiger partial charge in [0.25, 0.3) is 0 Å². The molecule has 0 bridgehead atoms. The predicted molar refractivity (Wildman–Crippen MR) is 108 cm³/mol. The number of ether oxygens (including phenoxy) is 1. The first-order valence-electron chi connectivity index (χ1n) is 8.27. The molecule has 1 aromatic rings. The SMILES string of the molecule is CN=C(NCc1ccc(F)c(C)c1)NCC1(CCOC)CCC1.I. The van der Waals surface area contributed by atoms with Crippen molar-refractivity contribution in [2.45, 2.75) is 39.2 Å². The molecule has 0 radical (unpaired) electrons. The second-order valence-electron chi connectivity index (χ2n) is 6.46. The highest BCUT2D eigenvalue weighted by molar-refractivity contribution is 14.0. The molecule has 24 heavy (non-hydrogen) atoms. The topological polar surface area (TPSA) is 45.7 Å². The van der Waals surface area contributed by atoms with E-state index in [2.05, 4.69) is 15.6 Å². The van der Waals surface area contributed by atoms with Gasteiger partial charge < -0.3 is 15.4 Å². The zero-order chi connectivity index (χ0) is 16.7. The standard InChI is InChI=1S/C18H28FN3O.HI/c1-14-11-15(5-6-16(14)19)12-21-17(20-2)22-13-18(7-4-8-18)9-10-23-3;/h5-6,11H,4,7-10,12-13H2,1-3H3,(H2,20,21,22);1H. The smallest absolute Gasteiger partial charge is 0.191 e. The van der Waals surface area contributed by atoms with Crippen LogP contribution in [-0.4, -0.2) is 33.3 Å². The summed E-state index contributed by atoms with van der Waals surface area (Å²) in [5.41, 5.74) is 2.06. The van der Waals surface area contributed by atoms with E-state index in [0.29, 0.717) is 17.5 Å². The van der Waals surface area contributed by atoms with Gasteiger partial charge in [0.1, 0.15) is 5.82 Å². The first-order valence-corrected chi connectivity index (χ1v) is 8.27. The van der Waals surface area contributed by atoms with Crippen molar-refractivity contribution in [1.82, 2.24) is 10.6 Å². The second-order valence-corrected chi connectivity index (χ2v) is 6.46. The molecule has 0 spiro atoms. The normalized spacial score (nSPS) is 16.1. The van der Waals surface area contributed by atoms with Crippen LogP contribution in [0.15, 0.2) is 23.2 Å².